The van der Waals surface area contributed by atoms with Crippen LogP contribution in [-0.4, -0.2) is 25.2 Å². The highest BCUT2D eigenvalue weighted by molar-refractivity contribution is 6.11. The van der Waals surface area contributed by atoms with Gasteiger partial charge in [0, 0.05) is 11.3 Å². The van der Waals surface area contributed by atoms with Crippen LogP contribution in [0, 0.1) is 6.92 Å². The summed E-state index contributed by atoms with van der Waals surface area (Å²) < 4.78 is 10.7. The Morgan fingerprint density at radius 2 is 1.33 bits per heavy atom. The number of ether oxygens (including phenoxy) is 2. The highest BCUT2D eigenvalue weighted by Gasteiger charge is 2.28. The Morgan fingerprint density at radius 1 is 0.800 bits per heavy atom. The summed E-state index contributed by atoms with van der Waals surface area (Å²) in [7, 11) is 0. The third-order valence-corrected chi connectivity index (χ3v) is 4.60. The zero-order valence-corrected chi connectivity index (χ0v) is 17.4. The van der Waals surface area contributed by atoms with Gasteiger partial charge >= 0.3 is 11.9 Å². The third kappa shape index (κ3) is 4.51. The molecule has 0 bridgehead atoms. The van der Waals surface area contributed by atoms with Crippen molar-refractivity contribution in [1.82, 2.24) is 0 Å². The lowest BCUT2D eigenvalue weighted by Gasteiger charge is -2.20. The molecular weight excluding hydrogens is 378 g/mol. The number of nitrogens with one attached hydrogen (secondary N) is 1. The molecule has 0 fully saturated rings. The minimum absolute atomic E-state index is 0.223. The fraction of sp³-hybridized carbons (Fsp3) is 0.200. The van der Waals surface area contributed by atoms with Gasteiger partial charge in [-0.3, -0.25) is 0 Å². The van der Waals surface area contributed by atoms with Crippen molar-refractivity contribution in [3.8, 4) is 11.1 Å². The molecule has 0 aliphatic heterocycles. The summed E-state index contributed by atoms with van der Waals surface area (Å²) in [5.74, 6) is -0.967. The second-order valence-electron chi connectivity index (χ2n) is 6.66. The molecule has 3 aromatic carbocycles. The van der Waals surface area contributed by atoms with E-state index in [-0.39, 0.29) is 13.2 Å². The SMILES string of the molecule is CCOC(=O)c1c(C)cc(Nc2ccccc2)c(C(=O)OCC)c1-c1ccccc1. The molecule has 0 radical (unpaired) electrons. The number of hydrogen-bond acceptors (Lipinski definition) is 5. The highest BCUT2D eigenvalue weighted by Crippen LogP contribution is 2.37. The van der Waals surface area contributed by atoms with Gasteiger partial charge in [0.25, 0.3) is 0 Å². The van der Waals surface area contributed by atoms with E-state index in [9.17, 15) is 9.59 Å². The van der Waals surface area contributed by atoms with Gasteiger partial charge in [-0.25, -0.2) is 9.59 Å². The molecule has 0 saturated heterocycles. The van der Waals surface area contributed by atoms with Crippen molar-refractivity contribution in [3.05, 3.63) is 83.4 Å². The van der Waals surface area contributed by atoms with Crippen LogP contribution in [0.5, 0.6) is 0 Å². The summed E-state index contributed by atoms with van der Waals surface area (Å²) in [5, 5.41) is 3.31. The molecular formula is C25H25NO4. The van der Waals surface area contributed by atoms with E-state index < -0.39 is 11.9 Å². The van der Waals surface area contributed by atoms with Gasteiger partial charge in [0.15, 0.2) is 0 Å². The second kappa shape index (κ2) is 9.74. The second-order valence-corrected chi connectivity index (χ2v) is 6.66. The van der Waals surface area contributed by atoms with Crippen molar-refractivity contribution >= 4 is 23.3 Å². The van der Waals surface area contributed by atoms with Crippen LogP contribution >= 0.6 is 0 Å². The average molecular weight is 403 g/mol. The maximum absolute atomic E-state index is 13.1. The van der Waals surface area contributed by atoms with Crippen molar-refractivity contribution < 1.29 is 19.1 Å². The number of aryl methyl sites for hydroxylation is 1. The van der Waals surface area contributed by atoms with Crippen LogP contribution in [0.2, 0.25) is 0 Å². The lowest BCUT2D eigenvalue weighted by Crippen LogP contribution is -2.16. The standard InChI is InChI=1S/C25H25NO4/c1-4-29-24(27)21-17(3)16-20(26-19-14-10-7-11-15-19)23(25(28)30-5-2)22(21)18-12-8-6-9-13-18/h6-16,26H,4-5H2,1-3H3. The molecule has 0 saturated carbocycles. The van der Waals surface area contributed by atoms with Crippen LogP contribution < -0.4 is 5.32 Å². The molecule has 3 aromatic rings. The lowest BCUT2D eigenvalue weighted by atomic mass is 9.89. The molecule has 0 aromatic heterocycles. The topological polar surface area (TPSA) is 64.6 Å². The van der Waals surface area contributed by atoms with Crippen molar-refractivity contribution in [1.29, 1.82) is 0 Å². The summed E-state index contributed by atoms with van der Waals surface area (Å²) in [6.07, 6.45) is 0. The predicted octanol–water partition coefficient (Wildman–Crippen LogP) is 5.76. The first-order chi connectivity index (χ1) is 14.6. The van der Waals surface area contributed by atoms with Crippen molar-refractivity contribution in [2.45, 2.75) is 20.8 Å². The molecule has 5 nitrogen and oxygen atoms in total. The Balaban J connectivity index is 2.32. The average Bonchev–Trinajstić information content (AvgIpc) is 2.75. The molecule has 0 aliphatic rings. The molecule has 5 heteroatoms. The smallest absolute Gasteiger partial charge is 0.340 e. The number of carbonyl (C=O) groups is 2. The van der Waals surface area contributed by atoms with E-state index in [1.54, 1.807) is 19.9 Å². The first-order valence-electron chi connectivity index (χ1n) is 9.96. The van der Waals surface area contributed by atoms with Crippen LogP contribution in [0.3, 0.4) is 0 Å². The molecule has 30 heavy (non-hydrogen) atoms. The predicted molar refractivity (Wildman–Crippen MR) is 118 cm³/mol. The molecule has 3 rings (SSSR count). The number of anilines is 2. The van der Waals surface area contributed by atoms with Crippen molar-refractivity contribution in [2.24, 2.45) is 0 Å². The largest absolute Gasteiger partial charge is 0.462 e. The summed E-state index contributed by atoms with van der Waals surface area (Å²) in [4.78, 5) is 25.9. The lowest BCUT2D eigenvalue weighted by molar-refractivity contribution is 0.0526. The molecule has 0 atom stereocenters. The first kappa shape index (κ1) is 21.1. The molecule has 0 heterocycles. The van der Waals surface area contributed by atoms with Crippen LogP contribution in [-0.2, 0) is 9.47 Å². The number of carbonyl (C=O) groups excluding carboxylic acids is 2. The number of rotatable bonds is 7. The zero-order chi connectivity index (χ0) is 21.5. The number of para-hydroxylation sites is 1. The van der Waals surface area contributed by atoms with E-state index >= 15 is 0 Å². The highest BCUT2D eigenvalue weighted by atomic mass is 16.5. The summed E-state index contributed by atoms with van der Waals surface area (Å²) in [5.41, 5.74) is 4.02. The van der Waals surface area contributed by atoms with Crippen LogP contribution in [0.25, 0.3) is 11.1 Å². The van der Waals surface area contributed by atoms with Crippen LogP contribution in [0.4, 0.5) is 11.4 Å². The van der Waals surface area contributed by atoms with Crippen LogP contribution in [0.15, 0.2) is 66.7 Å². The minimum atomic E-state index is -0.500. The number of benzene rings is 3. The van der Waals surface area contributed by atoms with Gasteiger partial charge < -0.3 is 14.8 Å². The molecule has 0 amide bonds. The molecule has 0 spiro atoms. The maximum atomic E-state index is 13.1. The fourth-order valence-corrected chi connectivity index (χ4v) is 3.37. The van der Waals surface area contributed by atoms with E-state index in [0.29, 0.717) is 27.9 Å². The van der Waals surface area contributed by atoms with E-state index in [0.717, 1.165) is 11.3 Å². The van der Waals surface area contributed by atoms with E-state index in [1.165, 1.54) is 0 Å². The summed E-state index contributed by atoms with van der Waals surface area (Å²) >= 11 is 0. The van der Waals surface area contributed by atoms with Gasteiger partial charge in [0.05, 0.1) is 30.0 Å². The minimum Gasteiger partial charge on any atom is -0.462 e. The zero-order valence-electron chi connectivity index (χ0n) is 17.4. The Morgan fingerprint density at radius 3 is 1.90 bits per heavy atom. The number of esters is 2. The van der Waals surface area contributed by atoms with Gasteiger partial charge in [-0.15, -0.1) is 0 Å². The first-order valence-corrected chi connectivity index (χ1v) is 9.96. The summed E-state index contributed by atoms with van der Waals surface area (Å²) in [6.45, 7) is 5.81. The van der Waals surface area contributed by atoms with Crippen LogP contribution in [0.1, 0.15) is 40.1 Å². The third-order valence-electron chi connectivity index (χ3n) is 4.60. The monoisotopic (exact) mass is 403 g/mol. The Hall–Kier alpha value is -3.60. The Labute approximate surface area is 176 Å². The Bertz CT molecular complexity index is 1030. The fourth-order valence-electron chi connectivity index (χ4n) is 3.37. The number of hydrogen-bond donors (Lipinski definition) is 1. The molecule has 0 aliphatic carbocycles. The quantitative estimate of drug-likeness (QED) is 0.508. The van der Waals surface area contributed by atoms with Gasteiger partial charge in [-0.05, 0) is 50.1 Å². The maximum Gasteiger partial charge on any atom is 0.340 e. The Kier molecular flexibility index (Phi) is 6.86. The van der Waals surface area contributed by atoms with E-state index in [4.69, 9.17) is 9.47 Å². The molecule has 1 N–H and O–H groups in total. The summed E-state index contributed by atoms with van der Waals surface area (Å²) in [6, 6.07) is 20.7. The van der Waals surface area contributed by atoms with Gasteiger partial charge in [-0.1, -0.05) is 48.5 Å². The van der Waals surface area contributed by atoms with Crippen molar-refractivity contribution in [3.63, 3.8) is 0 Å². The van der Waals surface area contributed by atoms with Gasteiger partial charge in [-0.2, -0.15) is 0 Å². The van der Waals surface area contributed by atoms with Gasteiger partial charge in [0.1, 0.15) is 0 Å². The van der Waals surface area contributed by atoms with E-state index in [1.807, 2.05) is 67.6 Å². The normalized spacial score (nSPS) is 10.4. The molecule has 154 valence electrons. The van der Waals surface area contributed by atoms with E-state index in [2.05, 4.69) is 5.32 Å². The molecule has 0 unspecified atom stereocenters. The van der Waals surface area contributed by atoms with Gasteiger partial charge in [0.2, 0.25) is 0 Å². The van der Waals surface area contributed by atoms with Crippen molar-refractivity contribution in [2.75, 3.05) is 18.5 Å².